The van der Waals surface area contributed by atoms with Crippen LogP contribution in [-0.2, 0) is 20.5 Å². The standard InChI is InChI=1S/C22H24F3N5O4/c1-34-21(33)17-12-30(28-27-17)18-8-3-2-7-16(18)26-20(32)13-9-19(31)29(11-13)15-6-4-5-14(10-15)22(23,24)25/h4-6,10,12-13,16,18H,2-3,7-9,11H2,1H3,(H,26,32)/t13-,16+,18+/m0/s1. The van der Waals surface area contributed by atoms with Crippen LogP contribution in [0, 0.1) is 5.92 Å². The lowest BCUT2D eigenvalue weighted by Gasteiger charge is -2.32. The van der Waals surface area contributed by atoms with Gasteiger partial charge in [-0.05, 0) is 31.0 Å². The number of rotatable bonds is 5. The number of carbonyl (C=O) groups excluding carboxylic acids is 3. The van der Waals surface area contributed by atoms with Crippen molar-refractivity contribution in [1.29, 1.82) is 0 Å². The van der Waals surface area contributed by atoms with Crippen molar-refractivity contribution in [3.05, 3.63) is 41.7 Å². The molecule has 1 N–H and O–H groups in total. The van der Waals surface area contributed by atoms with E-state index in [4.69, 9.17) is 0 Å². The molecule has 2 heterocycles. The summed E-state index contributed by atoms with van der Waals surface area (Å²) < 4.78 is 45.4. The fraction of sp³-hybridized carbons (Fsp3) is 0.500. The van der Waals surface area contributed by atoms with Gasteiger partial charge in [-0.1, -0.05) is 24.1 Å². The van der Waals surface area contributed by atoms with Gasteiger partial charge in [-0.15, -0.1) is 5.10 Å². The predicted molar refractivity (Wildman–Crippen MR) is 113 cm³/mol. The average molecular weight is 479 g/mol. The second kappa shape index (κ2) is 9.43. The van der Waals surface area contributed by atoms with Crippen LogP contribution in [0.4, 0.5) is 18.9 Å². The van der Waals surface area contributed by atoms with E-state index in [0.29, 0.717) is 6.42 Å². The fourth-order valence-corrected chi connectivity index (χ4v) is 4.52. The van der Waals surface area contributed by atoms with E-state index in [-0.39, 0.29) is 42.3 Å². The molecule has 0 unspecified atom stereocenters. The zero-order valence-corrected chi connectivity index (χ0v) is 18.4. The summed E-state index contributed by atoms with van der Waals surface area (Å²) in [5.74, 6) is -2.04. The summed E-state index contributed by atoms with van der Waals surface area (Å²) >= 11 is 0. The lowest BCUT2D eigenvalue weighted by Crippen LogP contribution is -2.46. The molecule has 1 aromatic heterocycles. The van der Waals surface area contributed by atoms with E-state index >= 15 is 0 Å². The Kier molecular flexibility index (Phi) is 6.58. The molecule has 3 atom stereocenters. The van der Waals surface area contributed by atoms with Gasteiger partial charge in [0.15, 0.2) is 5.69 Å². The van der Waals surface area contributed by atoms with Crippen LogP contribution in [0.2, 0.25) is 0 Å². The lowest BCUT2D eigenvalue weighted by molar-refractivity contribution is -0.137. The van der Waals surface area contributed by atoms with Crippen molar-refractivity contribution in [3.63, 3.8) is 0 Å². The van der Waals surface area contributed by atoms with Gasteiger partial charge in [0.2, 0.25) is 11.8 Å². The average Bonchev–Trinajstić information content (AvgIpc) is 3.46. The molecule has 0 spiro atoms. The quantitative estimate of drug-likeness (QED) is 0.661. The van der Waals surface area contributed by atoms with E-state index in [9.17, 15) is 27.6 Å². The molecule has 12 heteroatoms. The first-order valence-corrected chi connectivity index (χ1v) is 11.0. The zero-order valence-electron chi connectivity index (χ0n) is 18.4. The Balaban J connectivity index is 1.44. The Labute approximate surface area is 193 Å². The van der Waals surface area contributed by atoms with Gasteiger partial charge >= 0.3 is 12.1 Å². The largest absolute Gasteiger partial charge is 0.464 e. The number of benzene rings is 1. The van der Waals surface area contributed by atoms with Crippen molar-refractivity contribution >= 4 is 23.5 Å². The summed E-state index contributed by atoms with van der Waals surface area (Å²) in [6.07, 6.45) is 0.0672. The maximum Gasteiger partial charge on any atom is 0.416 e. The zero-order chi connectivity index (χ0) is 24.5. The van der Waals surface area contributed by atoms with Gasteiger partial charge in [-0.3, -0.25) is 9.59 Å². The Bertz CT molecular complexity index is 1090. The molecule has 0 bridgehead atoms. The summed E-state index contributed by atoms with van der Waals surface area (Å²) in [5, 5.41) is 10.8. The van der Waals surface area contributed by atoms with E-state index in [1.54, 1.807) is 4.68 Å². The third-order valence-corrected chi connectivity index (χ3v) is 6.28. The molecule has 2 fully saturated rings. The van der Waals surface area contributed by atoms with Gasteiger partial charge in [-0.2, -0.15) is 13.2 Å². The van der Waals surface area contributed by atoms with Crippen molar-refractivity contribution in [2.75, 3.05) is 18.6 Å². The number of amides is 2. The molecule has 2 amide bonds. The van der Waals surface area contributed by atoms with E-state index in [0.717, 1.165) is 31.4 Å². The Morgan fingerprint density at radius 1 is 1.21 bits per heavy atom. The molecule has 1 aromatic carbocycles. The Morgan fingerprint density at radius 3 is 2.71 bits per heavy atom. The molecule has 0 radical (unpaired) electrons. The predicted octanol–water partition coefficient (Wildman–Crippen LogP) is 2.74. The molecule has 1 saturated carbocycles. The number of hydrogen-bond acceptors (Lipinski definition) is 6. The van der Waals surface area contributed by atoms with E-state index in [1.807, 2.05) is 0 Å². The van der Waals surface area contributed by atoms with E-state index in [2.05, 4.69) is 20.4 Å². The number of carbonyl (C=O) groups is 3. The van der Waals surface area contributed by atoms with Crippen LogP contribution in [0.25, 0.3) is 0 Å². The van der Waals surface area contributed by atoms with E-state index < -0.39 is 29.5 Å². The minimum Gasteiger partial charge on any atom is -0.464 e. The second-order valence-corrected chi connectivity index (χ2v) is 8.50. The highest BCUT2D eigenvalue weighted by Gasteiger charge is 2.39. The van der Waals surface area contributed by atoms with Crippen LogP contribution >= 0.6 is 0 Å². The van der Waals surface area contributed by atoms with Crippen molar-refractivity contribution in [3.8, 4) is 0 Å². The molecule has 2 aliphatic rings. The number of halogens is 3. The summed E-state index contributed by atoms with van der Waals surface area (Å²) in [4.78, 5) is 38.4. The highest BCUT2D eigenvalue weighted by Crippen LogP contribution is 2.34. The smallest absolute Gasteiger partial charge is 0.416 e. The van der Waals surface area contributed by atoms with Crippen LogP contribution in [0.15, 0.2) is 30.5 Å². The highest BCUT2D eigenvalue weighted by atomic mass is 19.4. The number of methoxy groups -OCH3 is 1. The summed E-state index contributed by atoms with van der Waals surface area (Å²) in [6, 6.07) is 4.01. The van der Waals surface area contributed by atoms with Crippen molar-refractivity contribution in [2.45, 2.75) is 50.4 Å². The first-order chi connectivity index (χ1) is 16.2. The number of aromatic nitrogens is 3. The summed E-state index contributed by atoms with van der Waals surface area (Å²) in [6.45, 7) is -0.000815. The maximum absolute atomic E-state index is 13.1. The van der Waals surface area contributed by atoms with Crippen molar-refractivity contribution < 1.29 is 32.3 Å². The van der Waals surface area contributed by atoms with Gasteiger partial charge in [0, 0.05) is 18.7 Å². The lowest BCUT2D eigenvalue weighted by atomic mass is 9.90. The molecule has 182 valence electrons. The molecular weight excluding hydrogens is 455 g/mol. The molecule has 1 saturated heterocycles. The van der Waals surface area contributed by atoms with Crippen molar-refractivity contribution in [2.24, 2.45) is 5.92 Å². The third-order valence-electron chi connectivity index (χ3n) is 6.28. The van der Waals surface area contributed by atoms with Crippen LogP contribution in [-0.4, -0.2) is 52.5 Å². The Hall–Kier alpha value is -3.44. The number of alkyl halides is 3. The topological polar surface area (TPSA) is 106 Å². The summed E-state index contributed by atoms with van der Waals surface area (Å²) in [5.41, 5.74) is -0.671. The van der Waals surface area contributed by atoms with Crippen molar-refractivity contribution in [1.82, 2.24) is 20.3 Å². The van der Waals surface area contributed by atoms with Crippen LogP contribution < -0.4 is 10.2 Å². The SMILES string of the molecule is COC(=O)c1cn([C@@H]2CCCC[C@H]2NC(=O)[C@H]2CC(=O)N(c3cccc(C(F)(F)F)c3)C2)nn1. The normalized spacial score (nSPS) is 23.1. The Morgan fingerprint density at radius 2 is 1.97 bits per heavy atom. The van der Waals surface area contributed by atoms with Crippen LogP contribution in [0.5, 0.6) is 0 Å². The number of nitrogens with one attached hydrogen (secondary N) is 1. The monoisotopic (exact) mass is 479 g/mol. The van der Waals surface area contributed by atoms with Gasteiger partial charge in [0.25, 0.3) is 0 Å². The van der Waals surface area contributed by atoms with Crippen LogP contribution in [0.1, 0.15) is 54.2 Å². The molecular formula is C22H24F3N5O4. The minimum absolute atomic E-state index is 0.000815. The number of nitrogens with zero attached hydrogens (tertiary/aromatic N) is 4. The first kappa shape index (κ1) is 23.7. The molecule has 2 aromatic rings. The maximum atomic E-state index is 13.1. The molecule has 1 aliphatic heterocycles. The highest BCUT2D eigenvalue weighted by molar-refractivity contribution is 6.00. The van der Waals surface area contributed by atoms with Gasteiger partial charge in [0.05, 0.1) is 36.9 Å². The van der Waals surface area contributed by atoms with Gasteiger partial charge in [-0.25, -0.2) is 9.48 Å². The second-order valence-electron chi connectivity index (χ2n) is 8.50. The third kappa shape index (κ3) is 4.90. The van der Waals surface area contributed by atoms with E-state index in [1.165, 1.54) is 30.3 Å². The van der Waals surface area contributed by atoms with Gasteiger partial charge in [0.1, 0.15) is 0 Å². The summed E-state index contributed by atoms with van der Waals surface area (Å²) in [7, 11) is 1.25. The molecule has 1 aliphatic carbocycles. The van der Waals surface area contributed by atoms with Crippen LogP contribution in [0.3, 0.4) is 0 Å². The molecule has 9 nitrogen and oxygen atoms in total. The number of anilines is 1. The number of hydrogen-bond donors (Lipinski definition) is 1. The minimum atomic E-state index is -4.53. The number of esters is 1. The first-order valence-electron chi connectivity index (χ1n) is 11.0. The van der Waals surface area contributed by atoms with Gasteiger partial charge < -0.3 is 15.0 Å². The molecule has 4 rings (SSSR count). The number of ether oxygens (including phenoxy) is 1. The molecule has 34 heavy (non-hydrogen) atoms. The fourth-order valence-electron chi connectivity index (χ4n) is 4.52.